The smallest absolute Gasteiger partial charge is 0.0624 e. The first-order valence-electron chi connectivity index (χ1n) is 6.80. The molecule has 0 radical (unpaired) electrons. The fourth-order valence-corrected chi connectivity index (χ4v) is 1.90. The van der Waals surface area contributed by atoms with E-state index < -0.39 is 0 Å². The second kappa shape index (κ2) is 11.8. The minimum atomic E-state index is 0.651. The Morgan fingerprint density at radius 3 is 2.06 bits per heavy atom. The molecule has 0 aliphatic heterocycles. The van der Waals surface area contributed by atoms with Crippen molar-refractivity contribution in [3.63, 3.8) is 0 Å². The SMILES string of the molecule is CCCNCCC.CCCc1cccc(Cl)c1Cl. The Hall–Kier alpha value is -0.240. The van der Waals surface area contributed by atoms with Crippen LogP contribution in [-0.2, 0) is 6.42 Å². The first kappa shape index (κ1) is 17.8. The van der Waals surface area contributed by atoms with Gasteiger partial charge in [0.05, 0.1) is 10.0 Å². The first-order valence-corrected chi connectivity index (χ1v) is 7.56. The number of aryl methyl sites for hydroxylation is 1. The summed E-state index contributed by atoms with van der Waals surface area (Å²) in [5.41, 5.74) is 1.14. The molecule has 0 heterocycles. The molecule has 0 aromatic heterocycles. The van der Waals surface area contributed by atoms with Gasteiger partial charge in [-0.25, -0.2) is 0 Å². The summed E-state index contributed by atoms with van der Waals surface area (Å²) in [6.45, 7) is 8.84. The Bertz CT molecular complexity index is 309. The van der Waals surface area contributed by atoms with Crippen molar-refractivity contribution < 1.29 is 0 Å². The van der Waals surface area contributed by atoms with Crippen LogP contribution in [0.25, 0.3) is 0 Å². The molecule has 1 N–H and O–H groups in total. The zero-order valence-corrected chi connectivity index (χ0v) is 13.2. The molecule has 0 saturated carbocycles. The topological polar surface area (TPSA) is 12.0 Å². The molecule has 1 aromatic carbocycles. The Balaban J connectivity index is 0.000000360. The van der Waals surface area contributed by atoms with Gasteiger partial charge >= 0.3 is 0 Å². The molecule has 0 fully saturated rings. The van der Waals surface area contributed by atoms with Crippen LogP contribution in [0.1, 0.15) is 45.6 Å². The molecule has 104 valence electrons. The van der Waals surface area contributed by atoms with Gasteiger partial charge in [0.1, 0.15) is 0 Å². The van der Waals surface area contributed by atoms with Gasteiger partial charge in [-0.1, -0.05) is 62.5 Å². The summed E-state index contributed by atoms with van der Waals surface area (Å²) < 4.78 is 0. The van der Waals surface area contributed by atoms with E-state index in [1.807, 2.05) is 18.2 Å². The molecule has 0 saturated heterocycles. The molecule has 0 bridgehead atoms. The fourth-order valence-electron chi connectivity index (χ4n) is 1.49. The second-order valence-electron chi connectivity index (χ2n) is 4.21. The predicted octanol–water partition coefficient (Wildman–Crippen LogP) is 5.34. The van der Waals surface area contributed by atoms with Crippen molar-refractivity contribution >= 4 is 23.2 Å². The number of rotatable bonds is 6. The molecule has 3 heteroatoms. The zero-order valence-electron chi connectivity index (χ0n) is 11.7. The summed E-state index contributed by atoms with van der Waals surface area (Å²) in [5, 5.41) is 4.64. The third-order valence-corrected chi connectivity index (χ3v) is 3.26. The van der Waals surface area contributed by atoms with Crippen LogP contribution in [0.5, 0.6) is 0 Å². The Labute approximate surface area is 122 Å². The van der Waals surface area contributed by atoms with E-state index in [1.54, 1.807) is 0 Å². The Morgan fingerprint density at radius 2 is 1.56 bits per heavy atom. The van der Waals surface area contributed by atoms with Gasteiger partial charge in [0.15, 0.2) is 0 Å². The lowest BCUT2D eigenvalue weighted by atomic mass is 10.1. The van der Waals surface area contributed by atoms with Crippen LogP contribution in [0, 0.1) is 0 Å². The lowest BCUT2D eigenvalue weighted by Crippen LogP contribution is -2.14. The molecule has 0 unspecified atom stereocenters. The fraction of sp³-hybridized carbons (Fsp3) is 0.600. The molecular formula is C15H25Cl2N. The molecule has 0 spiro atoms. The summed E-state index contributed by atoms with van der Waals surface area (Å²) >= 11 is 11.8. The van der Waals surface area contributed by atoms with Crippen molar-refractivity contribution in [3.8, 4) is 0 Å². The summed E-state index contributed by atoms with van der Waals surface area (Å²) in [4.78, 5) is 0. The van der Waals surface area contributed by atoms with E-state index in [0.29, 0.717) is 10.0 Å². The monoisotopic (exact) mass is 289 g/mol. The van der Waals surface area contributed by atoms with E-state index >= 15 is 0 Å². The number of halogens is 2. The van der Waals surface area contributed by atoms with Crippen molar-refractivity contribution in [2.24, 2.45) is 0 Å². The van der Waals surface area contributed by atoms with Crippen molar-refractivity contribution in [3.05, 3.63) is 33.8 Å². The van der Waals surface area contributed by atoms with Crippen molar-refractivity contribution in [2.45, 2.75) is 46.5 Å². The maximum absolute atomic E-state index is 5.94. The Kier molecular flexibility index (Phi) is 11.7. The van der Waals surface area contributed by atoms with E-state index in [1.165, 1.54) is 25.9 Å². The van der Waals surface area contributed by atoms with Crippen molar-refractivity contribution in [1.82, 2.24) is 5.32 Å². The van der Waals surface area contributed by atoms with E-state index in [-0.39, 0.29) is 0 Å². The lowest BCUT2D eigenvalue weighted by Gasteiger charge is -2.02. The minimum absolute atomic E-state index is 0.651. The summed E-state index contributed by atoms with van der Waals surface area (Å²) in [7, 11) is 0. The normalized spacial score (nSPS) is 9.83. The van der Waals surface area contributed by atoms with Crippen LogP contribution in [0.3, 0.4) is 0 Å². The first-order chi connectivity index (χ1) is 8.67. The van der Waals surface area contributed by atoms with Crippen molar-refractivity contribution in [1.29, 1.82) is 0 Å². The summed E-state index contributed by atoms with van der Waals surface area (Å²) in [6.07, 6.45) is 4.60. The number of hydrogen-bond donors (Lipinski definition) is 1. The van der Waals surface area contributed by atoms with E-state index in [4.69, 9.17) is 23.2 Å². The van der Waals surface area contributed by atoms with Crippen LogP contribution < -0.4 is 5.32 Å². The van der Waals surface area contributed by atoms with Crippen LogP contribution >= 0.6 is 23.2 Å². The molecule has 18 heavy (non-hydrogen) atoms. The van der Waals surface area contributed by atoms with Crippen LogP contribution in [0.15, 0.2) is 18.2 Å². The van der Waals surface area contributed by atoms with Gasteiger partial charge in [-0.3, -0.25) is 0 Å². The predicted molar refractivity (Wildman–Crippen MR) is 83.9 cm³/mol. The van der Waals surface area contributed by atoms with Gasteiger partial charge in [-0.15, -0.1) is 0 Å². The zero-order chi connectivity index (χ0) is 13.8. The average Bonchev–Trinajstić information content (AvgIpc) is 2.37. The third kappa shape index (κ3) is 7.97. The van der Waals surface area contributed by atoms with Crippen LogP contribution in [0.2, 0.25) is 10.0 Å². The molecule has 1 rings (SSSR count). The van der Waals surface area contributed by atoms with Gasteiger partial charge in [0.25, 0.3) is 0 Å². The van der Waals surface area contributed by atoms with E-state index in [2.05, 4.69) is 26.1 Å². The number of nitrogens with one attached hydrogen (secondary N) is 1. The lowest BCUT2D eigenvalue weighted by molar-refractivity contribution is 0.662. The molecule has 0 aliphatic carbocycles. The molecule has 0 atom stereocenters. The largest absolute Gasteiger partial charge is 0.317 e. The molecule has 0 amide bonds. The van der Waals surface area contributed by atoms with Gasteiger partial charge in [0, 0.05) is 0 Å². The third-order valence-electron chi connectivity index (χ3n) is 2.40. The quantitative estimate of drug-likeness (QED) is 0.697. The van der Waals surface area contributed by atoms with E-state index in [0.717, 1.165) is 18.4 Å². The molecule has 0 aliphatic rings. The van der Waals surface area contributed by atoms with Gasteiger partial charge in [-0.2, -0.15) is 0 Å². The molecule has 1 aromatic rings. The summed E-state index contributed by atoms with van der Waals surface area (Å²) in [6, 6.07) is 5.75. The Morgan fingerprint density at radius 1 is 0.944 bits per heavy atom. The average molecular weight is 290 g/mol. The standard InChI is InChI=1S/C9H10Cl2.C6H15N/c1-2-4-7-5-3-6-8(10)9(7)11;1-3-5-7-6-4-2/h3,5-6H,2,4H2,1H3;7H,3-6H2,1-2H3. The van der Waals surface area contributed by atoms with Crippen LogP contribution in [0.4, 0.5) is 0 Å². The maximum atomic E-state index is 5.94. The van der Waals surface area contributed by atoms with Crippen molar-refractivity contribution in [2.75, 3.05) is 13.1 Å². The van der Waals surface area contributed by atoms with Gasteiger partial charge in [-0.05, 0) is 44.0 Å². The molecule has 1 nitrogen and oxygen atoms in total. The highest BCUT2D eigenvalue weighted by Gasteiger charge is 2.01. The number of benzene rings is 1. The highest BCUT2D eigenvalue weighted by molar-refractivity contribution is 6.42. The molecular weight excluding hydrogens is 265 g/mol. The van der Waals surface area contributed by atoms with Gasteiger partial charge in [0.2, 0.25) is 0 Å². The van der Waals surface area contributed by atoms with Gasteiger partial charge < -0.3 is 5.32 Å². The second-order valence-corrected chi connectivity index (χ2v) is 5.00. The highest BCUT2D eigenvalue weighted by atomic mass is 35.5. The highest BCUT2D eigenvalue weighted by Crippen LogP contribution is 2.26. The summed E-state index contributed by atoms with van der Waals surface area (Å²) in [5.74, 6) is 0. The van der Waals surface area contributed by atoms with Crippen LogP contribution in [-0.4, -0.2) is 13.1 Å². The number of hydrogen-bond acceptors (Lipinski definition) is 1. The maximum Gasteiger partial charge on any atom is 0.0624 e. The minimum Gasteiger partial charge on any atom is -0.317 e. The van der Waals surface area contributed by atoms with E-state index in [9.17, 15) is 0 Å².